The standard InChI is InChI=1S/C4H9NO.C2H7NO2S/c1-4(6)5(2)3;1-3-6(2,4)5/h1-3H3;3H,1-2H3. The number of hydrogen-bond acceptors (Lipinski definition) is 3. The van der Waals surface area contributed by atoms with Gasteiger partial charge in [0.25, 0.3) is 0 Å². The number of amides is 1. The van der Waals surface area contributed by atoms with Gasteiger partial charge >= 0.3 is 0 Å². The van der Waals surface area contributed by atoms with Crippen LogP contribution in [0.15, 0.2) is 0 Å². The quantitative estimate of drug-likeness (QED) is 0.600. The van der Waals surface area contributed by atoms with Gasteiger partial charge in [0.2, 0.25) is 15.9 Å². The number of nitrogens with one attached hydrogen (secondary N) is 1. The minimum Gasteiger partial charge on any atom is -0.349 e. The summed E-state index contributed by atoms with van der Waals surface area (Å²) in [4.78, 5) is 11.6. The lowest BCUT2D eigenvalue weighted by atomic mass is 10.7. The van der Waals surface area contributed by atoms with E-state index in [0.29, 0.717) is 0 Å². The van der Waals surface area contributed by atoms with Gasteiger partial charge in [-0.3, -0.25) is 4.79 Å². The summed E-state index contributed by atoms with van der Waals surface area (Å²) < 4.78 is 21.9. The molecule has 0 aliphatic carbocycles. The molecular formula is C6H16N2O3S. The highest BCUT2D eigenvalue weighted by molar-refractivity contribution is 7.88. The molecule has 0 unspecified atom stereocenters. The maximum absolute atomic E-state index is 10.1. The number of hydrogen-bond donors (Lipinski definition) is 1. The predicted molar refractivity (Wildman–Crippen MR) is 48.3 cm³/mol. The van der Waals surface area contributed by atoms with E-state index in [1.165, 1.54) is 18.9 Å². The molecule has 0 heterocycles. The Morgan fingerprint density at radius 2 is 1.50 bits per heavy atom. The van der Waals surface area contributed by atoms with Crippen LogP contribution in [0.25, 0.3) is 0 Å². The minimum atomic E-state index is -2.91. The molecule has 5 nitrogen and oxygen atoms in total. The predicted octanol–water partition coefficient (Wildman–Crippen LogP) is -0.740. The largest absolute Gasteiger partial charge is 0.349 e. The van der Waals surface area contributed by atoms with Crippen molar-refractivity contribution in [2.24, 2.45) is 0 Å². The molecule has 0 atom stereocenters. The lowest BCUT2D eigenvalue weighted by Gasteiger charge is -2.02. The molecule has 74 valence electrons. The van der Waals surface area contributed by atoms with Crippen LogP contribution in [0.1, 0.15) is 6.92 Å². The molecule has 1 N–H and O–H groups in total. The van der Waals surface area contributed by atoms with Gasteiger partial charge < -0.3 is 4.90 Å². The van der Waals surface area contributed by atoms with Gasteiger partial charge in [-0.1, -0.05) is 0 Å². The molecule has 12 heavy (non-hydrogen) atoms. The summed E-state index contributed by atoms with van der Waals surface area (Å²) in [6.07, 6.45) is 1.10. The van der Waals surface area contributed by atoms with Crippen molar-refractivity contribution < 1.29 is 13.2 Å². The van der Waals surface area contributed by atoms with E-state index in [1.807, 2.05) is 0 Å². The molecule has 0 aliphatic heterocycles. The van der Waals surface area contributed by atoms with E-state index in [1.54, 1.807) is 14.1 Å². The van der Waals surface area contributed by atoms with Crippen molar-refractivity contribution in [3.63, 3.8) is 0 Å². The Balaban J connectivity index is 0. The average Bonchev–Trinajstić information content (AvgIpc) is 1.87. The summed E-state index contributed by atoms with van der Waals surface area (Å²) in [6.45, 7) is 1.53. The van der Waals surface area contributed by atoms with Gasteiger partial charge in [-0.2, -0.15) is 0 Å². The van der Waals surface area contributed by atoms with Crippen molar-refractivity contribution in [3.05, 3.63) is 0 Å². The highest BCUT2D eigenvalue weighted by Crippen LogP contribution is 1.69. The topological polar surface area (TPSA) is 66.5 Å². The highest BCUT2D eigenvalue weighted by atomic mass is 32.2. The van der Waals surface area contributed by atoms with Crippen molar-refractivity contribution in [3.8, 4) is 0 Å². The van der Waals surface area contributed by atoms with Crippen LogP contribution in [0.2, 0.25) is 0 Å². The zero-order valence-corrected chi connectivity index (χ0v) is 8.90. The maximum atomic E-state index is 10.1. The van der Waals surface area contributed by atoms with Crippen LogP contribution in [0.5, 0.6) is 0 Å². The molecule has 0 fully saturated rings. The summed E-state index contributed by atoms with van der Waals surface area (Å²) in [5, 5.41) is 0. The van der Waals surface area contributed by atoms with Gasteiger partial charge in [-0.05, 0) is 7.05 Å². The second-order valence-electron chi connectivity index (χ2n) is 2.39. The monoisotopic (exact) mass is 196 g/mol. The van der Waals surface area contributed by atoms with Gasteiger partial charge in [-0.25, -0.2) is 13.1 Å². The van der Waals surface area contributed by atoms with E-state index in [-0.39, 0.29) is 5.91 Å². The Morgan fingerprint density at radius 3 is 1.50 bits per heavy atom. The zero-order valence-electron chi connectivity index (χ0n) is 8.08. The average molecular weight is 196 g/mol. The summed E-state index contributed by atoms with van der Waals surface area (Å²) >= 11 is 0. The van der Waals surface area contributed by atoms with Gasteiger partial charge in [0.1, 0.15) is 0 Å². The van der Waals surface area contributed by atoms with Crippen LogP contribution < -0.4 is 4.72 Å². The molecule has 0 aromatic rings. The minimum absolute atomic E-state index is 0.0926. The Labute approximate surface area is 73.8 Å². The molecule has 0 bridgehead atoms. The fourth-order valence-corrected chi connectivity index (χ4v) is 0. The van der Waals surface area contributed by atoms with Crippen molar-refractivity contribution in [1.29, 1.82) is 0 Å². The van der Waals surface area contributed by atoms with Gasteiger partial charge in [0.05, 0.1) is 6.26 Å². The number of sulfonamides is 1. The highest BCUT2D eigenvalue weighted by Gasteiger charge is 1.88. The van der Waals surface area contributed by atoms with E-state index >= 15 is 0 Å². The lowest BCUT2D eigenvalue weighted by Crippen LogP contribution is -2.17. The van der Waals surface area contributed by atoms with Crippen molar-refractivity contribution in [1.82, 2.24) is 9.62 Å². The van der Waals surface area contributed by atoms with Crippen LogP contribution in [0.4, 0.5) is 0 Å². The first-order chi connectivity index (χ1) is 5.20. The lowest BCUT2D eigenvalue weighted by molar-refractivity contribution is -0.126. The van der Waals surface area contributed by atoms with E-state index < -0.39 is 10.0 Å². The molecule has 0 rings (SSSR count). The normalized spacial score (nSPS) is 9.75. The summed E-state index contributed by atoms with van der Waals surface area (Å²) in [5.41, 5.74) is 0. The molecule has 0 aliphatic rings. The summed E-state index contributed by atoms with van der Waals surface area (Å²) in [7, 11) is 1.91. The third-order valence-corrected chi connectivity index (χ3v) is 1.74. The number of carbonyl (C=O) groups excluding carboxylic acids is 1. The molecule has 6 heteroatoms. The molecule has 1 amide bonds. The zero-order chi connectivity index (χ0) is 10.4. The van der Waals surface area contributed by atoms with Gasteiger partial charge in [0.15, 0.2) is 0 Å². The SMILES string of the molecule is CC(=O)N(C)C.CNS(C)(=O)=O. The summed E-state index contributed by atoms with van der Waals surface area (Å²) in [5.74, 6) is 0.0926. The molecule has 0 aromatic carbocycles. The third kappa shape index (κ3) is 16.2. The first-order valence-corrected chi connectivity index (χ1v) is 5.16. The Morgan fingerprint density at radius 1 is 1.33 bits per heavy atom. The van der Waals surface area contributed by atoms with Crippen LogP contribution in [0, 0.1) is 0 Å². The van der Waals surface area contributed by atoms with Gasteiger partial charge in [-0.15, -0.1) is 0 Å². The van der Waals surface area contributed by atoms with Crippen molar-refractivity contribution >= 4 is 15.9 Å². The second-order valence-corrected chi connectivity index (χ2v) is 4.34. The Hall–Kier alpha value is -0.620. The number of rotatable bonds is 1. The van der Waals surface area contributed by atoms with E-state index in [9.17, 15) is 13.2 Å². The van der Waals surface area contributed by atoms with Crippen molar-refractivity contribution in [2.75, 3.05) is 27.4 Å². The van der Waals surface area contributed by atoms with Crippen LogP contribution in [0.3, 0.4) is 0 Å². The fraction of sp³-hybridized carbons (Fsp3) is 0.833. The molecule has 0 spiro atoms. The van der Waals surface area contributed by atoms with Crippen LogP contribution >= 0.6 is 0 Å². The van der Waals surface area contributed by atoms with Crippen molar-refractivity contribution in [2.45, 2.75) is 6.92 Å². The fourth-order valence-electron chi connectivity index (χ4n) is 0. The molecule has 0 saturated heterocycles. The van der Waals surface area contributed by atoms with E-state index in [2.05, 4.69) is 4.72 Å². The first kappa shape index (κ1) is 13.9. The number of carbonyl (C=O) groups is 1. The smallest absolute Gasteiger partial charge is 0.218 e. The van der Waals surface area contributed by atoms with Crippen LogP contribution in [-0.4, -0.2) is 46.6 Å². The Kier molecular flexibility index (Phi) is 6.92. The molecular weight excluding hydrogens is 180 g/mol. The number of nitrogens with zero attached hydrogens (tertiary/aromatic N) is 1. The third-order valence-electron chi connectivity index (χ3n) is 1.00. The Bertz CT molecular complexity index is 221. The van der Waals surface area contributed by atoms with E-state index in [0.717, 1.165) is 6.26 Å². The first-order valence-electron chi connectivity index (χ1n) is 3.27. The molecule has 0 aromatic heterocycles. The maximum Gasteiger partial charge on any atom is 0.218 e. The van der Waals surface area contributed by atoms with Gasteiger partial charge in [0, 0.05) is 21.0 Å². The molecule has 0 saturated carbocycles. The second kappa shape index (κ2) is 5.96. The van der Waals surface area contributed by atoms with E-state index in [4.69, 9.17) is 0 Å². The summed E-state index contributed by atoms with van der Waals surface area (Å²) in [6, 6.07) is 0. The van der Waals surface area contributed by atoms with Crippen LogP contribution in [-0.2, 0) is 14.8 Å². The molecule has 0 radical (unpaired) electrons.